The number of aryl methyl sites for hydroxylation is 2. The summed E-state index contributed by atoms with van der Waals surface area (Å²) in [5.41, 5.74) is 5.21. The van der Waals surface area contributed by atoms with Crippen LogP contribution in [-0.4, -0.2) is 24.2 Å². The van der Waals surface area contributed by atoms with Gasteiger partial charge in [0.15, 0.2) is 7.29 Å². The Morgan fingerprint density at radius 2 is 1.86 bits per heavy atom. The van der Waals surface area contributed by atoms with Gasteiger partial charge in [0.2, 0.25) is 0 Å². The molecule has 0 fully saturated rings. The van der Waals surface area contributed by atoms with Gasteiger partial charge in [-0.1, -0.05) is 18.2 Å². The molecule has 5 heteroatoms. The highest BCUT2D eigenvalue weighted by atomic mass is 31.2. The van der Waals surface area contributed by atoms with E-state index in [9.17, 15) is 9.36 Å². The molecule has 2 heterocycles. The van der Waals surface area contributed by atoms with Gasteiger partial charge < -0.3 is 9.55 Å². The molecule has 1 amide bonds. The van der Waals surface area contributed by atoms with Crippen LogP contribution in [0.5, 0.6) is 0 Å². The van der Waals surface area contributed by atoms with Crippen LogP contribution < -0.4 is 4.67 Å². The summed E-state index contributed by atoms with van der Waals surface area (Å²) >= 11 is 0. The Morgan fingerprint density at radius 1 is 1.18 bits per heavy atom. The van der Waals surface area contributed by atoms with E-state index in [1.807, 2.05) is 50.3 Å². The number of amides is 1. The first-order valence-corrected chi connectivity index (χ1v) is 9.71. The topological polar surface area (TPSA) is 53.2 Å². The molecule has 0 bridgehead atoms. The predicted molar refractivity (Wildman–Crippen MR) is 91.5 cm³/mol. The highest BCUT2D eigenvalue weighted by Gasteiger charge is 2.38. The van der Waals surface area contributed by atoms with Crippen molar-refractivity contribution < 1.29 is 9.36 Å². The van der Waals surface area contributed by atoms with E-state index >= 15 is 0 Å². The highest BCUT2D eigenvalue weighted by Crippen LogP contribution is 2.52. The normalized spacial score (nSPS) is 16.5. The van der Waals surface area contributed by atoms with E-state index in [0.717, 1.165) is 28.2 Å². The number of carbonyl (C=O) groups excluding carboxylic acids is 1. The molecular weight excluding hydrogens is 295 g/mol. The summed E-state index contributed by atoms with van der Waals surface area (Å²) in [4.78, 5) is 16.1. The van der Waals surface area contributed by atoms with Gasteiger partial charge >= 0.3 is 0 Å². The molecule has 0 spiro atoms. The van der Waals surface area contributed by atoms with Crippen LogP contribution in [0, 0.1) is 13.8 Å². The van der Waals surface area contributed by atoms with Gasteiger partial charge in [0.05, 0.1) is 11.3 Å². The molecule has 1 aliphatic rings. The van der Waals surface area contributed by atoms with E-state index in [4.69, 9.17) is 0 Å². The van der Waals surface area contributed by atoms with E-state index in [0.29, 0.717) is 5.57 Å². The largest absolute Gasteiger partial charge is 0.359 e. The Bertz CT molecular complexity index is 842. The first-order valence-electron chi connectivity index (χ1n) is 7.16. The summed E-state index contributed by atoms with van der Waals surface area (Å²) in [6.07, 6.45) is 1.86. The Labute approximate surface area is 130 Å². The maximum absolute atomic E-state index is 12.8. The van der Waals surface area contributed by atoms with E-state index in [2.05, 4.69) is 4.98 Å². The van der Waals surface area contributed by atoms with Crippen LogP contribution in [0.3, 0.4) is 0 Å². The molecule has 0 saturated carbocycles. The summed E-state index contributed by atoms with van der Waals surface area (Å²) in [6.45, 7) is 7.23. The number of carbonyl (C=O) groups is 1. The Kier molecular flexibility index (Phi) is 3.37. The van der Waals surface area contributed by atoms with Crippen LogP contribution in [0.15, 0.2) is 30.3 Å². The molecule has 4 nitrogen and oxygen atoms in total. The van der Waals surface area contributed by atoms with Crippen molar-refractivity contribution in [3.8, 4) is 0 Å². The number of nitrogens with zero attached hydrogens (tertiary/aromatic N) is 1. The average Bonchev–Trinajstić information content (AvgIpc) is 2.87. The molecular formula is C17H19N2O2P. The molecule has 2 aromatic rings. The summed E-state index contributed by atoms with van der Waals surface area (Å²) in [7, 11) is -2.72. The second-order valence-corrected chi connectivity index (χ2v) is 9.02. The van der Waals surface area contributed by atoms with Crippen molar-refractivity contribution in [3.05, 3.63) is 52.8 Å². The van der Waals surface area contributed by atoms with Gasteiger partial charge in [-0.3, -0.25) is 9.46 Å². The summed E-state index contributed by atoms with van der Waals surface area (Å²) in [6, 6.07) is 9.55. The fourth-order valence-corrected chi connectivity index (χ4v) is 4.12. The number of rotatable bonds is 2. The number of hydrogen-bond donors (Lipinski definition) is 1. The minimum atomic E-state index is -2.72. The first-order chi connectivity index (χ1) is 10.3. The number of para-hydroxylation sites is 1. The number of fused-ring (bicyclic) bond motifs is 1. The Morgan fingerprint density at radius 3 is 2.45 bits per heavy atom. The molecule has 0 saturated heterocycles. The SMILES string of the molecule is Cc1cc(C)c(C=C2C(=O)N(P(C)(C)=O)c3ccccc32)[nH]1. The maximum Gasteiger partial charge on any atom is 0.264 e. The third-order valence-electron chi connectivity index (χ3n) is 3.81. The molecule has 0 atom stereocenters. The zero-order valence-electron chi connectivity index (χ0n) is 13.2. The maximum atomic E-state index is 12.8. The van der Waals surface area contributed by atoms with Gasteiger partial charge in [-0.2, -0.15) is 0 Å². The Balaban J connectivity index is 2.20. The van der Waals surface area contributed by atoms with Crippen LogP contribution in [0.25, 0.3) is 11.6 Å². The van der Waals surface area contributed by atoms with Gasteiger partial charge in [-0.25, -0.2) is 0 Å². The van der Waals surface area contributed by atoms with E-state index in [1.165, 1.54) is 4.67 Å². The van der Waals surface area contributed by atoms with Crippen molar-refractivity contribution in [1.29, 1.82) is 0 Å². The van der Waals surface area contributed by atoms with E-state index < -0.39 is 7.29 Å². The minimum Gasteiger partial charge on any atom is -0.359 e. The van der Waals surface area contributed by atoms with Gasteiger partial charge in [-0.05, 0) is 37.6 Å². The van der Waals surface area contributed by atoms with Crippen LogP contribution in [-0.2, 0) is 9.36 Å². The predicted octanol–water partition coefficient (Wildman–Crippen LogP) is 4.06. The zero-order valence-corrected chi connectivity index (χ0v) is 14.1. The lowest BCUT2D eigenvalue weighted by atomic mass is 10.1. The number of aromatic amines is 1. The molecule has 22 heavy (non-hydrogen) atoms. The average molecular weight is 314 g/mol. The van der Waals surface area contributed by atoms with Gasteiger partial charge in [0.1, 0.15) is 0 Å². The van der Waals surface area contributed by atoms with Gasteiger partial charge in [0, 0.05) is 30.3 Å². The highest BCUT2D eigenvalue weighted by molar-refractivity contribution is 7.65. The minimum absolute atomic E-state index is 0.193. The fraction of sp³-hybridized carbons (Fsp3) is 0.235. The molecule has 0 aliphatic carbocycles. The number of anilines is 1. The molecule has 1 aliphatic heterocycles. The van der Waals surface area contributed by atoms with Crippen molar-refractivity contribution >= 4 is 30.5 Å². The van der Waals surface area contributed by atoms with Crippen molar-refractivity contribution in [2.75, 3.05) is 18.0 Å². The molecule has 1 N–H and O–H groups in total. The Hall–Kier alpha value is -2.06. The third kappa shape index (κ3) is 2.34. The van der Waals surface area contributed by atoms with Crippen molar-refractivity contribution in [1.82, 2.24) is 4.98 Å². The van der Waals surface area contributed by atoms with Gasteiger partial charge in [0.25, 0.3) is 5.91 Å². The molecule has 114 valence electrons. The van der Waals surface area contributed by atoms with Crippen LogP contribution >= 0.6 is 7.29 Å². The van der Waals surface area contributed by atoms with E-state index in [-0.39, 0.29) is 5.91 Å². The summed E-state index contributed by atoms with van der Waals surface area (Å²) < 4.78 is 14.0. The molecule has 3 rings (SSSR count). The summed E-state index contributed by atoms with van der Waals surface area (Å²) in [5.74, 6) is -0.193. The number of benzene rings is 1. The monoisotopic (exact) mass is 314 g/mol. The van der Waals surface area contributed by atoms with Crippen molar-refractivity contribution in [2.45, 2.75) is 13.8 Å². The summed E-state index contributed by atoms with van der Waals surface area (Å²) in [5, 5.41) is 0. The number of nitrogens with one attached hydrogen (secondary N) is 1. The lowest BCUT2D eigenvalue weighted by Gasteiger charge is -2.21. The lowest BCUT2D eigenvalue weighted by molar-refractivity contribution is -0.111. The second kappa shape index (κ2) is 4.99. The molecule has 1 aromatic carbocycles. The molecule has 1 aromatic heterocycles. The van der Waals surface area contributed by atoms with E-state index in [1.54, 1.807) is 13.3 Å². The fourth-order valence-electron chi connectivity index (χ4n) is 2.89. The standard InChI is InChI=1S/C17H19N2O2P/c1-11-9-12(2)18-15(11)10-14-13-7-5-6-8-16(13)19(17(14)20)22(3,4)21/h5-10,18H,1-4H3. The molecule has 0 radical (unpaired) electrons. The lowest BCUT2D eigenvalue weighted by Crippen LogP contribution is -2.22. The number of hydrogen-bond acceptors (Lipinski definition) is 2. The second-order valence-electron chi connectivity index (χ2n) is 6.04. The smallest absolute Gasteiger partial charge is 0.264 e. The first kappa shape index (κ1) is 14.9. The van der Waals surface area contributed by atoms with Crippen LogP contribution in [0.4, 0.5) is 5.69 Å². The molecule has 0 unspecified atom stereocenters. The van der Waals surface area contributed by atoms with Crippen LogP contribution in [0.2, 0.25) is 0 Å². The zero-order chi connectivity index (χ0) is 16.1. The van der Waals surface area contributed by atoms with Crippen LogP contribution in [0.1, 0.15) is 22.5 Å². The number of aromatic nitrogens is 1. The van der Waals surface area contributed by atoms with Gasteiger partial charge in [-0.15, -0.1) is 0 Å². The third-order valence-corrected chi connectivity index (χ3v) is 5.17. The quantitative estimate of drug-likeness (QED) is 0.671. The van der Waals surface area contributed by atoms with Crippen molar-refractivity contribution in [2.24, 2.45) is 0 Å². The number of H-pyrrole nitrogens is 1. The van der Waals surface area contributed by atoms with Crippen molar-refractivity contribution in [3.63, 3.8) is 0 Å².